The largest absolute Gasteiger partial charge is 0.490 e. The highest BCUT2D eigenvalue weighted by Crippen LogP contribution is 2.24. The van der Waals surface area contributed by atoms with Gasteiger partial charge in [-0.15, -0.1) is 0 Å². The van der Waals surface area contributed by atoms with Crippen molar-refractivity contribution in [2.24, 2.45) is 0 Å². The fraction of sp³-hybridized carbons (Fsp3) is 0.167. The molecule has 0 bridgehead atoms. The number of hydrogen-bond acceptors (Lipinski definition) is 3. The van der Waals surface area contributed by atoms with Crippen LogP contribution in [0.2, 0.25) is 5.02 Å². The predicted molar refractivity (Wildman–Crippen MR) is 62.8 cm³/mol. The van der Waals surface area contributed by atoms with Crippen LogP contribution in [0.3, 0.4) is 0 Å². The first-order valence-corrected chi connectivity index (χ1v) is 5.57. The normalized spacial score (nSPS) is 14.4. The summed E-state index contributed by atoms with van der Waals surface area (Å²) in [5, 5.41) is 0.146. The standard InChI is InChI=1S/C12H9ClFNO3/c13-9-7-8(14)1-2-10(9)18-6-5-15-11(16)3-4-12(15)17/h1-4,7H,5-6H2. The third-order valence-corrected chi connectivity index (χ3v) is 2.66. The maximum atomic E-state index is 12.8. The third-order valence-electron chi connectivity index (χ3n) is 2.37. The summed E-state index contributed by atoms with van der Waals surface area (Å²) in [7, 11) is 0. The average Bonchev–Trinajstić information content (AvgIpc) is 2.63. The van der Waals surface area contributed by atoms with Gasteiger partial charge in [0.25, 0.3) is 11.8 Å². The van der Waals surface area contributed by atoms with Gasteiger partial charge in [0.2, 0.25) is 0 Å². The highest BCUT2D eigenvalue weighted by molar-refractivity contribution is 6.32. The molecule has 0 saturated carbocycles. The molecule has 0 atom stereocenters. The quantitative estimate of drug-likeness (QED) is 0.783. The van der Waals surface area contributed by atoms with E-state index < -0.39 is 5.82 Å². The maximum Gasteiger partial charge on any atom is 0.253 e. The number of hydrogen-bond donors (Lipinski definition) is 0. The number of amides is 2. The van der Waals surface area contributed by atoms with Gasteiger partial charge in [-0.05, 0) is 18.2 Å². The van der Waals surface area contributed by atoms with E-state index in [1.807, 2.05) is 0 Å². The summed E-state index contributed by atoms with van der Waals surface area (Å²) in [6.07, 6.45) is 2.40. The lowest BCUT2D eigenvalue weighted by atomic mass is 10.3. The van der Waals surface area contributed by atoms with Gasteiger partial charge in [0, 0.05) is 12.2 Å². The van der Waals surface area contributed by atoms with Crippen molar-refractivity contribution in [1.29, 1.82) is 0 Å². The Morgan fingerprint density at radius 3 is 2.50 bits per heavy atom. The number of carbonyl (C=O) groups is 2. The summed E-state index contributed by atoms with van der Waals surface area (Å²) in [4.78, 5) is 23.5. The van der Waals surface area contributed by atoms with Crippen LogP contribution in [0, 0.1) is 5.82 Å². The van der Waals surface area contributed by atoms with Gasteiger partial charge in [-0.2, -0.15) is 0 Å². The molecule has 18 heavy (non-hydrogen) atoms. The lowest BCUT2D eigenvalue weighted by molar-refractivity contribution is -0.137. The van der Waals surface area contributed by atoms with Crippen molar-refractivity contribution in [2.75, 3.05) is 13.2 Å². The number of rotatable bonds is 4. The average molecular weight is 270 g/mol. The maximum absolute atomic E-state index is 12.8. The Morgan fingerprint density at radius 1 is 1.22 bits per heavy atom. The number of nitrogens with zero attached hydrogens (tertiary/aromatic N) is 1. The molecule has 0 radical (unpaired) electrons. The molecular formula is C12H9ClFNO3. The van der Waals surface area contributed by atoms with Crippen molar-refractivity contribution < 1.29 is 18.7 Å². The summed E-state index contributed by atoms with van der Waals surface area (Å²) < 4.78 is 18.0. The fourth-order valence-corrected chi connectivity index (χ4v) is 1.71. The Morgan fingerprint density at radius 2 is 1.89 bits per heavy atom. The van der Waals surface area contributed by atoms with Crippen LogP contribution >= 0.6 is 11.6 Å². The van der Waals surface area contributed by atoms with E-state index in [9.17, 15) is 14.0 Å². The van der Waals surface area contributed by atoms with Gasteiger partial charge in [0.05, 0.1) is 11.6 Å². The molecule has 0 spiro atoms. The van der Waals surface area contributed by atoms with E-state index in [0.717, 1.165) is 11.0 Å². The van der Waals surface area contributed by atoms with E-state index >= 15 is 0 Å². The molecule has 2 amide bonds. The molecule has 1 heterocycles. The summed E-state index contributed by atoms with van der Waals surface area (Å²) in [6, 6.07) is 3.74. The molecule has 1 aliphatic rings. The Hall–Kier alpha value is -1.88. The molecular weight excluding hydrogens is 261 g/mol. The fourth-order valence-electron chi connectivity index (χ4n) is 1.49. The van der Waals surface area contributed by atoms with E-state index in [2.05, 4.69) is 0 Å². The minimum atomic E-state index is -0.457. The van der Waals surface area contributed by atoms with Gasteiger partial charge < -0.3 is 4.74 Å². The monoisotopic (exact) mass is 269 g/mol. The van der Waals surface area contributed by atoms with Crippen LogP contribution < -0.4 is 4.74 Å². The number of imide groups is 1. The van der Waals surface area contributed by atoms with Crippen molar-refractivity contribution >= 4 is 23.4 Å². The number of ether oxygens (including phenoxy) is 1. The van der Waals surface area contributed by atoms with Crippen LogP contribution in [0.4, 0.5) is 4.39 Å². The molecule has 0 unspecified atom stereocenters. The van der Waals surface area contributed by atoms with E-state index in [4.69, 9.17) is 16.3 Å². The highest BCUT2D eigenvalue weighted by atomic mass is 35.5. The first-order valence-electron chi connectivity index (χ1n) is 5.19. The van der Waals surface area contributed by atoms with Crippen molar-refractivity contribution in [2.45, 2.75) is 0 Å². The predicted octanol–water partition coefficient (Wildman–Crippen LogP) is 1.78. The molecule has 0 saturated heterocycles. The van der Waals surface area contributed by atoms with Gasteiger partial charge in [0.15, 0.2) is 0 Å². The van der Waals surface area contributed by atoms with E-state index in [1.165, 1.54) is 24.3 Å². The van der Waals surface area contributed by atoms with E-state index in [0.29, 0.717) is 5.75 Å². The molecule has 2 rings (SSSR count). The SMILES string of the molecule is O=C1C=CC(=O)N1CCOc1ccc(F)cc1Cl. The van der Waals surface area contributed by atoms with Crippen LogP contribution in [-0.4, -0.2) is 29.9 Å². The third kappa shape index (κ3) is 2.68. The van der Waals surface area contributed by atoms with Crippen molar-refractivity contribution in [1.82, 2.24) is 4.90 Å². The molecule has 1 aromatic rings. The highest BCUT2D eigenvalue weighted by Gasteiger charge is 2.22. The van der Waals surface area contributed by atoms with Gasteiger partial charge in [-0.3, -0.25) is 14.5 Å². The van der Waals surface area contributed by atoms with Gasteiger partial charge >= 0.3 is 0 Å². The summed E-state index contributed by atoms with van der Waals surface area (Å²) >= 11 is 5.76. The first-order chi connectivity index (χ1) is 8.58. The molecule has 1 aliphatic heterocycles. The van der Waals surface area contributed by atoms with Crippen LogP contribution in [0.15, 0.2) is 30.4 Å². The Labute approximate surface area is 108 Å². The lowest BCUT2D eigenvalue weighted by Gasteiger charge is -2.14. The molecule has 0 fully saturated rings. The Balaban J connectivity index is 1.89. The molecule has 4 nitrogen and oxygen atoms in total. The zero-order valence-corrected chi connectivity index (χ0v) is 9.98. The molecule has 0 N–H and O–H groups in total. The molecule has 1 aromatic carbocycles. The Kier molecular flexibility index (Phi) is 3.62. The van der Waals surface area contributed by atoms with Crippen LogP contribution in [0.1, 0.15) is 0 Å². The van der Waals surface area contributed by atoms with Crippen molar-refractivity contribution in [3.05, 3.63) is 41.2 Å². The van der Waals surface area contributed by atoms with Crippen LogP contribution in [0.5, 0.6) is 5.75 Å². The minimum absolute atomic E-state index is 0.102. The van der Waals surface area contributed by atoms with E-state index in [-0.39, 0.29) is 30.0 Å². The first kappa shape index (κ1) is 12.6. The summed E-state index contributed by atoms with van der Waals surface area (Å²) in [6.45, 7) is 0.225. The van der Waals surface area contributed by atoms with Crippen molar-refractivity contribution in [3.8, 4) is 5.75 Å². The topological polar surface area (TPSA) is 46.6 Å². The minimum Gasteiger partial charge on any atom is -0.490 e. The summed E-state index contributed by atoms with van der Waals surface area (Å²) in [5.74, 6) is -0.880. The number of benzene rings is 1. The zero-order chi connectivity index (χ0) is 13.1. The van der Waals surface area contributed by atoms with Crippen LogP contribution in [-0.2, 0) is 9.59 Å². The molecule has 6 heteroatoms. The lowest BCUT2D eigenvalue weighted by Crippen LogP contribution is -2.33. The summed E-state index contributed by atoms with van der Waals surface area (Å²) in [5.41, 5.74) is 0. The number of carbonyl (C=O) groups excluding carboxylic acids is 2. The Bertz CT molecular complexity index is 512. The van der Waals surface area contributed by atoms with Crippen LogP contribution in [0.25, 0.3) is 0 Å². The second kappa shape index (κ2) is 5.18. The molecule has 94 valence electrons. The number of halogens is 2. The zero-order valence-electron chi connectivity index (χ0n) is 9.23. The van der Waals surface area contributed by atoms with Gasteiger partial charge in [0.1, 0.15) is 18.2 Å². The molecule has 0 aliphatic carbocycles. The second-order valence-electron chi connectivity index (χ2n) is 3.58. The van der Waals surface area contributed by atoms with E-state index in [1.54, 1.807) is 0 Å². The van der Waals surface area contributed by atoms with Gasteiger partial charge in [-0.25, -0.2) is 4.39 Å². The second-order valence-corrected chi connectivity index (χ2v) is 3.99. The van der Waals surface area contributed by atoms with Gasteiger partial charge in [-0.1, -0.05) is 11.6 Å². The van der Waals surface area contributed by atoms with Crippen molar-refractivity contribution in [3.63, 3.8) is 0 Å². The smallest absolute Gasteiger partial charge is 0.253 e. The molecule has 0 aromatic heterocycles.